The monoisotopic (exact) mass is 189 g/mol. The Balaban J connectivity index is 2.97. The molecular formula is C10H23NO2. The molecule has 0 fully saturated rings. The number of rotatable bonds is 9. The summed E-state index contributed by atoms with van der Waals surface area (Å²) in [6, 6.07) is 0. The van der Waals surface area contributed by atoms with Gasteiger partial charge in [0.25, 0.3) is 0 Å². The molecule has 0 radical (unpaired) electrons. The summed E-state index contributed by atoms with van der Waals surface area (Å²) in [5.41, 5.74) is 0. The predicted octanol–water partition coefficient (Wildman–Crippen LogP) is 1.38. The summed E-state index contributed by atoms with van der Waals surface area (Å²) in [6.45, 7) is 6.76. The van der Waals surface area contributed by atoms with E-state index < -0.39 is 0 Å². The maximum Gasteiger partial charge on any atom is 0.0700 e. The van der Waals surface area contributed by atoms with Gasteiger partial charge in [-0.25, -0.2) is 0 Å². The van der Waals surface area contributed by atoms with Gasteiger partial charge in [-0.1, -0.05) is 6.92 Å². The smallest absolute Gasteiger partial charge is 0.0700 e. The third-order valence-electron chi connectivity index (χ3n) is 1.87. The molecule has 80 valence electrons. The molecule has 0 aliphatic carbocycles. The van der Waals surface area contributed by atoms with Crippen LogP contribution >= 0.6 is 0 Å². The van der Waals surface area contributed by atoms with Crippen LogP contribution in [0, 0.1) is 0 Å². The van der Waals surface area contributed by atoms with Gasteiger partial charge in [0, 0.05) is 20.3 Å². The minimum atomic E-state index is 0.699. The van der Waals surface area contributed by atoms with Gasteiger partial charge in [-0.05, 0) is 26.4 Å². The van der Waals surface area contributed by atoms with Crippen molar-refractivity contribution in [3.63, 3.8) is 0 Å². The van der Waals surface area contributed by atoms with Gasteiger partial charge in [0.05, 0.1) is 13.2 Å². The van der Waals surface area contributed by atoms with E-state index in [-0.39, 0.29) is 0 Å². The standard InChI is InChI=1S/C10H23NO2/c1-4-6-11(2)7-5-8-13-10-9-12-3/h4-10H2,1-3H3. The highest BCUT2D eigenvalue weighted by Crippen LogP contribution is 1.90. The first-order valence-electron chi connectivity index (χ1n) is 5.06. The van der Waals surface area contributed by atoms with Crippen LogP contribution in [0.4, 0.5) is 0 Å². The zero-order valence-corrected chi connectivity index (χ0v) is 9.21. The highest BCUT2D eigenvalue weighted by atomic mass is 16.5. The van der Waals surface area contributed by atoms with Crippen LogP contribution in [0.2, 0.25) is 0 Å². The maximum atomic E-state index is 5.35. The second-order valence-electron chi connectivity index (χ2n) is 3.26. The van der Waals surface area contributed by atoms with Crippen LogP contribution in [0.5, 0.6) is 0 Å². The summed E-state index contributed by atoms with van der Waals surface area (Å²) in [4.78, 5) is 2.33. The number of ether oxygens (including phenoxy) is 2. The molecular weight excluding hydrogens is 166 g/mol. The van der Waals surface area contributed by atoms with Gasteiger partial charge in [0.15, 0.2) is 0 Å². The van der Waals surface area contributed by atoms with Gasteiger partial charge in [0.1, 0.15) is 0 Å². The molecule has 0 aromatic carbocycles. The van der Waals surface area contributed by atoms with Crippen LogP contribution in [0.1, 0.15) is 19.8 Å². The molecule has 3 nitrogen and oxygen atoms in total. The lowest BCUT2D eigenvalue weighted by atomic mass is 10.4. The summed E-state index contributed by atoms with van der Waals surface area (Å²) in [5, 5.41) is 0. The summed E-state index contributed by atoms with van der Waals surface area (Å²) in [6.07, 6.45) is 2.33. The highest BCUT2D eigenvalue weighted by molar-refractivity contribution is 4.49. The van der Waals surface area contributed by atoms with Crippen molar-refractivity contribution in [2.45, 2.75) is 19.8 Å². The molecule has 0 heterocycles. The molecule has 3 heteroatoms. The molecule has 0 aliphatic rings. The summed E-state index contributed by atoms with van der Waals surface area (Å²) >= 11 is 0. The van der Waals surface area contributed by atoms with E-state index in [0.29, 0.717) is 13.2 Å². The van der Waals surface area contributed by atoms with Crippen LogP contribution in [0.15, 0.2) is 0 Å². The van der Waals surface area contributed by atoms with E-state index in [1.807, 2.05) is 0 Å². The third-order valence-corrected chi connectivity index (χ3v) is 1.87. The van der Waals surface area contributed by atoms with Crippen LogP contribution in [0.3, 0.4) is 0 Å². The van der Waals surface area contributed by atoms with E-state index in [9.17, 15) is 0 Å². The second-order valence-corrected chi connectivity index (χ2v) is 3.26. The van der Waals surface area contributed by atoms with Crippen LogP contribution in [-0.2, 0) is 9.47 Å². The Morgan fingerprint density at radius 3 is 2.46 bits per heavy atom. The number of hydrogen-bond acceptors (Lipinski definition) is 3. The van der Waals surface area contributed by atoms with E-state index in [4.69, 9.17) is 9.47 Å². The van der Waals surface area contributed by atoms with Crippen molar-refractivity contribution in [2.75, 3.05) is 47.1 Å². The van der Waals surface area contributed by atoms with Crippen LogP contribution in [0.25, 0.3) is 0 Å². The Kier molecular flexibility index (Phi) is 9.87. The van der Waals surface area contributed by atoms with Crippen molar-refractivity contribution in [3.05, 3.63) is 0 Å². The Hall–Kier alpha value is -0.120. The molecule has 0 atom stereocenters. The van der Waals surface area contributed by atoms with Crippen molar-refractivity contribution >= 4 is 0 Å². The first-order valence-corrected chi connectivity index (χ1v) is 5.06. The molecule has 13 heavy (non-hydrogen) atoms. The first kappa shape index (κ1) is 12.9. The largest absolute Gasteiger partial charge is 0.382 e. The number of methoxy groups -OCH3 is 1. The Bertz CT molecular complexity index is 98.9. The topological polar surface area (TPSA) is 21.7 Å². The Morgan fingerprint density at radius 1 is 1.08 bits per heavy atom. The molecule has 0 unspecified atom stereocenters. The minimum Gasteiger partial charge on any atom is -0.382 e. The second kappa shape index (κ2) is 9.96. The van der Waals surface area contributed by atoms with E-state index in [0.717, 1.165) is 19.6 Å². The van der Waals surface area contributed by atoms with E-state index >= 15 is 0 Å². The van der Waals surface area contributed by atoms with Crippen LogP contribution in [-0.4, -0.2) is 52.0 Å². The van der Waals surface area contributed by atoms with Crippen molar-refractivity contribution in [1.82, 2.24) is 4.90 Å². The predicted molar refractivity (Wildman–Crippen MR) is 55.1 cm³/mol. The molecule has 0 rings (SSSR count). The van der Waals surface area contributed by atoms with Crippen molar-refractivity contribution in [1.29, 1.82) is 0 Å². The molecule has 0 aromatic rings. The van der Waals surface area contributed by atoms with Gasteiger partial charge in [-0.15, -0.1) is 0 Å². The molecule has 0 aliphatic heterocycles. The fourth-order valence-electron chi connectivity index (χ4n) is 1.17. The van der Waals surface area contributed by atoms with Crippen molar-refractivity contribution < 1.29 is 9.47 Å². The Labute approximate surface area is 82.0 Å². The van der Waals surface area contributed by atoms with E-state index in [1.165, 1.54) is 13.0 Å². The molecule has 0 saturated heterocycles. The zero-order chi connectivity index (χ0) is 9.94. The molecule has 0 amide bonds. The lowest BCUT2D eigenvalue weighted by Gasteiger charge is -2.14. The van der Waals surface area contributed by atoms with Gasteiger partial charge in [0.2, 0.25) is 0 Å². The minimum absolute atomic E-state index is 0.699. The van der Waals surface area contributed by atoms with Crippen molar-refractivity contribution in [2.24, 2.45) is 0 Å². The number of nitrogens with zero attached hydrogens (tertiary/aromatic N) is 1. The summed E-state index contributed by atoms with van der Waals surface area (Å²) in [7, 11) is 3.84. The fourth-order valence-corrected chi connectivity index (χ4v) is 1.17. The summed E-state index contributed by atoms with van der Waals surface area (Å²) < 4.78 is 10.2. The Morgan fingerprint density at radius 2 is 1.85 bits per heavy atom. The van der Waals surface area contributed by atoms with Crippen molar-refractivity contribution in [3.8, 4) is 0 Å². The maximum absolute atomic E-state index is 5.35. The zero-order valence-electron chi connectivity index (χ0n) is 9.21. The summed E-state index contributed by atoms with van der Waals surface area (Å²) in [5.74, 6) is 0. The van der Waals surface area contributed by atoms with E-state index in [1.54, 1.807) is 7.11 Å². The van der Waals surface area contributed by atoms with Gasteiger partial charge in [-0.3, -0.25) is 0 Å². The highest BCUT2D eigenvalue weighted by Gasteiger charge is 1.95. The fraction of sp³-hybridized carbons (Fsp3) is 1.00. The average molecular weight is 189 g/mol. The van der Waals surface area contributed by atoms with Crippen LogP contribution < -0.4 is 0 Å². The molecule has 0 bridgehead atoms. The SMILES string of the molecule is CCCN(C)CCCOCCOC. The molecule has 0 saturated carbocycles. The molecule has 0 spiro atoms. The molecule has 0 aromatic heterocycles. The van der Waals surface area contributed by atoms with Gasteiger partial charge in [-0.2, -0.15) is 0 Å². The number of hydrogen-bond donors (Lipinski definition) is 0. The normalized spacial score (nSPS) is 11.1. The van der Waals surface area contributed by atoms with Gasteiger partial charge >= 0.3 is 0 Å². The average Bonchev–Trinajstić information content (AvgIpc) is 2.11. The first-order chi connectivity index (χ1) is 6.31. The van der Waals surface area contributed by atoms with Gasteiger partial charge < -0.3 is 14.4 Å². The lowest BCUT2D eigenvalue weighted by molar-refractivity contribution is 0.0663. The third kappa shape index (κ3) is 9.80. The quantitative estimate of drug-likeness (QED) is 0.511. The molecule has 0 N–H and O–H groups in total. The lowest BCUT2D eigenvalue weighted by Crippen LogP contribution is -2.21. The van der Waals surface area contributed by atoms with E-state index in [2.05, 4.69) is 18.9 Å².